The number of alkyl carbamates (subject to hydrolysis) is 1. The average Bonchev–Trinajstić information content (AvgIpc) is 3.77. The van der Waals surface area contributed by atoms with Crippen molar-refractivity contribution in [1.82, 2.24) is 20.2 Å². The zero-order chi connectivity index (χ0) is 32.5. The molecule has 2 heterocycles. The topological polar surface area (TPSA) is 87.3 Å². The van der Waals surface area contributed by atoms with Crippen molar-refractivity contribution in [2.75, 3.05) is 13.7 Å². The lowest BCUT2D eigenvalue weighted by molar-refractivity contribution is -0.135. The van der Waals surface area contributed by atoms with E-state index in [4.69, 9.17) is 9.72 Å². The van der Waals surface area contributed by atoms with E-state index in [1.54, 1.807) is 0 Å². The first-order chi connectivity index (χ1) is 22.9. The van der Waals surface area contributed by atoms with E-state index in [2.05, 4.69) is 107 Å². The quantitative estimate of drug-likeness (QED) is 0.186. The van der Waals surface area contributed by atoms with Crippen LogP contribution in [0.4, 0.5) is 4.79 Å². The molecule has 2 atom stereocenters. The Hall–Kier alpha value is -5.43. The lowest BCUT2D eigenvalue weighted by Crippen LogP contribution is -2.51. The zero-order valence-electron chi connectivity index (χ0n) is 26.9. The highest BCUT2D eigenvalue weighted by Crippen LogP contribution is 2.36. The van der Waals surface area contributed by atoms with E-state index < -0.39 is 12.1 Å². The van der Waals surface area contributed by atoms with Gasteiger partial charge < -0.3 is 19.9 Å². The molecule has 2 amide bonds. The van der Waals surface area contributed by atoms with Crippen LogP contribution in [0, 0.1) is 5.92 Å². The second kappa shape index (κ2) is 12.8. The van der Waals surface area contributed by atoms with Gasteiger partial charge in [-0.15, -0.1) is 0 Å². The van der Waals surface area contributed by atoms with Crippen LogP contribution in [0.2, 0.25) is 0 Å². The molecule has 0 unspecified atom stereocenters. The predicted molar refractivity (Wildman–Crippen MR) is 188 cm³/mol. The van der Waals surface area contributed by atoms with Crippen LogP contribution in [-0.4, -0.2) is 46.6 Å². The molecule has 0 bridgehead atoms. The molecule has 1 aliphatic heterocycles. The van der Waals surface area contributed by atoms with Crippen LogP contribution in [0.15, 0.2) is 109 Å². The summed E-state index contributed by atoms with van der Waals surface area (Å²) < 4.78 is 4.77. The Labute approximate surface area is 274 Å². The Bertz CT molecular complexity index is 2070. The molecule has 2 N–H and O–H groups in total. The zero-order valence-corrected chi connectivity index (χ0v) is 26.9. The van der Waals surface area contributed by atoms with Crippen LogP contribution in [0.1, 0.15) is 38.6 Å². The summed E-state index contributed by atoms with van der Waals surface area (Å²) in [6, 6.07) is 37.8. The van der Waals surface area contributed by atoms with Crippen molar-refractivity contribution < 1.29 is 14.3 Å². The highest BCUT2D eigenvalue weighted by Gasteiger charge is 2.37. The maximum Gasteiger partial charge on any atom is 0.407 e. The molecule has 236 valence electrons. The minimum absolute atomic E-state index is 0.0840. The summed E-state index contributed by atoms with van der Waals surface area (Å²) >= 11 is 0. The fourth-order valence-corrected chi connectivity index (χ4v) is 6.75. The summed E-state index contributed by atoms with van der Waals surface area (Å²) in [7, 11) is 1.31. The third-order valence-electron chi connectivity index (χ3n) is 9.26. The number of methoxy groups -OCH3 is 1. The average molecular weight is 623 g/mol. The van der Waals surface area contributed by atoms with Gasteiger partial charge in [0.05, 0.1) is 24.2 Å². The van der Waals surface area contributed by atoms with Crippen LogP contribution in [0.5, 0.6) is 0 Å². The first-order valence-electron chi connectivity index (χ1n) is 16.2. The summed E-state index contributed by atoms with van der Waals surface area (Å²) in [4.78, 5) is 35.8. The lowest BCUT2D eigenvalue weighted by Gasteiger charge is -2.29. The summed E-state index contributed by atoms with van der Waals surface area (Å²) in [5, 5.41) is 5.11. The third-order valence-corrected chi connectivity index (χ3v) is 9.26. The van der Waals surface area contributed by atoms with Gasteiger partial charge in [-0.2, -0.15) is 0 Å². The monoisotopic (exact) mass is 622 g/mol. The van der Waals surface area contributed by atoms with Gasteiger partial charge in [0.25, 0.3) is 0 Å². The van der Waals surface area contributed by atoms with Gasteiger partial charge in [-0.25, -0.2) is 9.78 Å². The van der Waals surface area contributed by atoms with Gasteiger partial charge in [0.1, 0.15) is 11.9 Å². The fraction of sp³-hybridized carbons (Fsp3) is 0.225. The SMILES string of the molecule is COC(=O)N[C@H](C(=O)N1CCC[C@H]1c1nc2ccc(-c3ccc4c(-c5ccc(-c6ccccc6)cc5)cccc4c3)cc2[nH]1)C(C)C. The van der Waals surface area contributed by atoms with Crippen molar-refractivity contribution in [3.63, 3.8) is 0 Å². The molecule has 6 aromatic rings. The number of H-pyrrole nitrogens is 1. The van der Waals surface area contributed by atoms with E-state index in [1.807, 2.05) is 30.9 Å². The van der Waals surface area contributed by atoms with E-state index in [9.17, 15) is 9.59 Å². The van der Waals surface area contributed by atoms with Gasteiger partial charge in [0.15, 0.2) is 0 Å². The summed E-state index contributed by atoms with van der Waals surface area (Å²) in [6.07, 6.45) is 1.08. The number of amides is 2. The Morgan fingerprint density at radius 2 is 1.53 bits per heavy atom. The summed E-state index contributed by atoms with van der Waals surface area (Å²) in [5.41, 5.74) is 8.82. The number of fused-ring (bicyclic) bond motifs is 2. The second-order valence-electron chi connectivity index (χ2n) is 12.6. The molecule has 7 rings (SSSR count). The molecule has 1 fully saturated rings. The number of carbonyl (C=O) groups is 2. The number of hydrogen-bond acceptors (Lipinski definition) is 4. The van der Waals surface area contributed by atoms with Crippen LogP contribution < -0.4 is 5.32 Å². The Balaban J connectivity index is 1.15. The van der Waals surface area contributed by atoms with Gasteiger partial charge in [-0.05, 0) is 81.1 Å². The number of aromatic nitrogens is 2. The molecule has 0 radical (unpaired) electrons. The molecule has 0 saturated carbocycles. The minimum Gasteiger partial charge on any atom is -0.453 e. The molecule has 47 heavy (non-hydrogen) atoms. The highest BCUT2D eigenvalue weighted by atomic mass is 16.5. The molecule has 5 aromatic carbocycles. The summed E-state index contributed by atoms with van der Waals surface area (Å²) in [5.74, 6) is 0.570. The maximum absolute atomic E-state index is 13.6. The van der Waals surface area contributed by atoms with E-state index >= 15 is 0 Å². The van der Waals surface area contributed by atoms with Gasteiger partial charge in [-0.1, -0.05) is 105 Å². The van der Waals surface area contributed by atoms with Crippen molar-refractivity contribution in [1.29, 1.82) is 0 Å². The van der Waals surface area contributed by atoms with Crippen molar-refractivity contribution in [3.05, 3.63) is 115 Å². The van der Waals surface area contributed by atoms with Gasteiger partial charge >= 0.3 is 6.09 Å². The maximum atomic E-state index is 13.6. The first kappa shape index (κ1) is 30.2. The van der Waals surface area contributed by atoms with Gasteiger partial charge in [0.2, 0.25) is 5.91 Å². The molecule has 0 spiro atoms. The minimum atomic E-state index is -0.666. The standard InChI is InChI=1S/C40H38N4O3/c1-25(2)37(43-40(46)47-3)39(45)44-22-8-13-36(44)38-41-34-21-19-30(24-35(34)42-38)29-18-20-33-31(23-29)11-7-12-32(33)28-16-14-27(15-17-28)26-9-5-4-6-10-26/h4-7,9-12,14-21,23-25,36-37H,8,13,22H2,1-3H3,(H,41,42)(H,43,46)/t36-,37-/m0/s1. The van der Waals surface area contributed by atoms with Crippen LogP contribution in [-0.2, 0) is 9.53 Å². The van der Waals surface area contributed by atoms with Crippen molar-refractivity contribution in [2.45, 2.75) is 38.8 Å². The Morgan fingerprint density at radius 1 is 0.830 bits per heavy atom. The van der Waals surface area contributed by atoms with E-state index in [0.29, 0.717) is 6.54 Å². The smallest absolute Gasteiger partial charge is 0.407 e. The molecular weight excluding hydrogens is 584 g/mol. The van der Waals surface area contributed by atoms with E-state index in [-0.39, 0.29) is 17.9 Å². The predicted octanol–water partition coefficient (Wildman–Crippen LogP) is 8.76. The molecule has 1 saturated heterocycles. The number of aromatic amines is 1. The van der Waals surface area contributed by atoms with Crippen LogP contribution >= 0.6 is 0 Å². The van der Waals surface area contributed by atoms with Crippen LogP contribution in [0.3, 0.4) is 0 Å². The number of rotatable bonds is 7. The van der Waals surface area contributed by atoms with E-state index in [0.717, 1.165) is 40.8 Å². The first-order valence-corrected chi connectivity index (χ1v) is 16.2. The second-order valence-corrected chi connectivity index (χ2v) is 12.6. The number of nitrogens with one attached hydrogen (secondary N) is 2. The molecule has 1 aromatic heterocycles. The lowest BCUT2D eigenvalue weighted by atomic mass is 9.94. The van der Waals surface area contributed by atoms with Gasteiger partial charge in [0, 0.05) is 6.54 Å². The molecule has 7 heteroatoms. The number of nitrogens with zero attached hydrogens (tertiary/aromatic N) is 2. The number of benzene rings is 5. The van der Waals surface area contributed by atoms with Crippen molar-refractivity contribution in [3.8, 4) is 33.4 Å². The Morgan fingerprint density at radius 3 is 2.30 bits per heavy atom. The van der Waals surface area contributed by atoms with E-state index in [1.165, 1.54) is 40.1 Å². The van der Waals surface area contributed by atoms with Crippen molar-refractivity contribution in [2.24, 2.45) is 5.92 Å². The van der Waals surface area contributed by atoms with Gasteiger partial charge in [-0.3, -0.25) is 4.79 Å². The molecule has 7 nitrogen and oxygen atoms in total. The number of likely N-dealkylation sites (tertiary alicyclic amines) is 1. The normalized spacial score (nSPS) is 15.3. The molecule has 1 aliphatic rings. The summed E-state index contributed by atoms with van der Waals surface area (Å²) in [6.45, 7) is 4.46. The van der Waals surface area contributed by atoms with Crippen molar-refractivity contribution >= 4 is 33.8 Å². The number of imidazole rings is 1. The highest BCUT2D eigenvalue weighted by molar-refractivity contribution is 5.99. The number of ether oxygens (including phenoxy) is 1. The molecular formula is C40H38N4O3. The molecule has 0 aliphatic carbocycles. The number of hydrogen-bond donors (Lipinski definition) is 2. The Kier molecular flexibility index (Phi) is 8.21. The van der Waals surface area contributed by atoms with Crippen LogP contribution in [0.25, 0.3) is 55.2 Å². The fourth-order valence-electron chi connectivity index (χ4n) is 6.75. The third kappa shape index (κ3) is 5.97. The number of carbonyl (C=O) groups excluding carboxylic acids is 2. The largest absolute Gasteiger partial charge is 0.453 e.